The fraction of sp³-hybridized carbons (Fsp3) is 0.900. The summed E-state index contributed by atoms with van der Waals surface area (Å²) in [6, 6.07) is -0.0614. The monoisotopic (exact) mass is 237 g/mol. The van der Waals surface area contributed by atoms with E-state index in [0.29, 0.717) is 19.4 Å². The Labute approximate surface area is 96.6 Å². The zero-order valence-corrected chi connectivity index (χ0v) is 9.83. The summed E-state index contributed by atoms with van der Waals surface area (Å²) >= 11 is 0. The predicted molar refractivity (Wildman–Crippen MR) is 59.8 cm³/mol. The Kier molecular flexibility index (Phi) is 6.89. The first-order valence-corrected chi connectivity index (χ1v) is 5.25. The van der Waals surface area contributed by atoms with Gasteiger partial charge >= 0.3 is 5.97 Å². The minimum Gasteiger partial charge on any atom is -0.465 e. The van der Waals surface area contributed by atoms with Gasteiger partial charge in [0, 0.05) is 6.04 Å². The smallest absolute Gasteiger partial charge is 0.311 e. The van der Waals surface area contributed by atoms with Crippen molar-refractivity contribution < 1.29 is 14.6 Å². The molecule has 1 aliphatic rings. The molecule has 0 saturated heterocycles. The van der Waals surface area contributed by atoms with E-state index in [4.69, 9.17) is 10.5 Å². The average molecular weight is 238 g/mol. The third kappa shape index (κ3) is 4.36. The van der Waals surface area contributed by atoms with Gasteiger partial charge in [0.25, 0.3) is 0 Å². The van der Waals surface area contributed by atoms with Crippen molar-refractivity contribution in [3.8, 4) is 0 Å². The van der Waals surface area contributed by atoms with Crippen LogP contribution in [0.15, 0.2) is 0 Å². The number of hydrogen-bond donors (Lipinski definition) is 2. The SMILES string of the molecule is CCCCOC(=O)C1CC(N)CC1O.Cl. The molecule has 1 saturated carbocycles. The zero-order valence-electron chi connectivity index (χ0n) is 9.02. The van der Waals surface area contributed by atoms with E-state index in [9.17, 15) is 9.90 Å². The van der Waals surface area contributed by atoms with Crippen LogP contribution in [0.5, 0.6) is 0 Å². The summed E-state index contributed by atoms with van der Waals surface area (Å²) in [6.45, 7) is 2.49. The highest BCUT2D eigenvalue weighted by Crippen LogP contribution is 2.25. The van der Waals surface area contributed by atoms with E-state index in [1.807, 2.05) is 6.92 Å². The van der Waals surface area contributed by atoms with Crippen molar-refractivity contribution in [3.63, 3.8) is 0 Å². The highest BCUT2D eigenvalue weighted by Gasteiger charge is 2.36. The highest BCUT2D eigenvalue weighted by atomic mass is 35.5. The normalized spacial score (nSPS) is 29.7. The largest absolute Gasteiger partial charge is 0.465 e. The molecule has 0 amide bonds. The predicted octanol–water partition coefficient (Wildman–Crippen LogP) is 0.850. The summed E-state index contributed by atoms with van der Waals surface area (Å²) in [7, 11) is 0. The van der Waals surface area contributed by atoms with Gasteiger partial charge in [0.05, 0.1) is 18.6 Å². The minimum absolute atomic E-state index is 0. The lowest BCUT2D eigenvalue weighted by Crippen LogP contribution is -2.25. The summed E-state index contributed by atoms with van der Waals surface area (Å²) < 4.78 is 5.03. The van der Waals surface area contributed by atoms with Gasteiger partial charge in [0.2, 0.25) is 0 Å². The van der Waals surface area contributed by atoms with Crippen LogP contribution in [0.2, 0.25) is 0 Å². The molecule has 3 unspecified atom stereocenters. The van der Waals surface area contributed by atoms with Crippen LogP contribution in [0.1, 0.15) is 32.6 Å². The molecule has 0 bridgehead atoms. The second-order valence-corrected chi connectivity index (χ2v) is 3.93. The van der Waals surface area contributed by atoms with E-state index in [1.165, 1.54) is 0 Å². The molecule has 15 heavy (non-hydrogen) atoms. The second-order valence-electron chi connectivity index (χ2n) is 3.93. The van der Waals surface area contributed by atoms with Gasteiger partial charge in [-0.1, -0.05) is 13.3 Å². The van der Waals surface area contributed by atoms with Gasteiger partial charge in [-0.05, 0) is 19.3 Å². The fourth-order valence-corrected chi connectivity index (χ4v) is 1.73. The third-order valence-electron chi connectivity index (χ3n) is 2.61. The van der Waals surface area contributed by atoms with Crippen molar-refractivity contribution in [3.05, 3.63) is 0 Å². The van der Waals surface area contributed by atoms with Crippen LogP contribution in [0.4, 0.5) is 0 Å². The van der Waals surface area contributed by atoms with Crippen LogP contribution in [0.25, 0.3) is 0 Å². The average Bonchev–Trinajstić information content (AvgIpc) is 2.45. The minimum atomic E-state index is -0.612. The Bertz CT molecular complexity index is 201. The number of carbonyl (C=O) groups is 1. The molecule has 0 heterocycles. The van der Waals surface area contributed by atoms with Gasteiger partial charge in [0.15, 0.2) is 0 Å². The van der Waals surface area contributed by atoms with Crippen LogP contribution in [-0.2, 0) is 9.53 Å². The molecule has 4 nitrogen and oxygen atoms in total. The molecular formula is C10H20ClNO3. The molecule has 90 valence electrons. The number of ether oxygens (including phenoxy) is 1. The maximum Gasteiger partial charge on any atom is 0.311 e. The van der Waals surface area contributed by atoms with Gasteiger partial charge in [-0.15, -0.1) is 12.4 Å². The number of halogens is 1. The Morgan fingerprint density at radius 3 is 2.67 bits per heavy atom. The molecule has 3 atom stereocenters. The third-order valence-corrected chi connectivity index (χ3v) is 2.61. The first-order valence-electron chi connectivity index (χ1n) is 5.25. The van der Waals surface area contributed by atoms with Crippen molar-refractivity contribution >= 4 is 18.4 Å². The van der Waals surface area contributed by atoms with Gasteiger partial charge in [-0.25, -0.2) is 0 Å². The molecule has 1 fully saturated rings. The van der Waals surface area contributed by atoms with Crippen molar-refractivity contribution in [2.24, 2.45) is 11.7 Å². The number of aliphatic hydroxyl groups excluding tert-OH is 1. The van der Waals surface area contributed by atoms with Crippen molar-refractivity contribution in [1.29, 1.82) is 0 Å². The molecule has 0 spiro atoms. The number of rotatable bonds is 4. The van der Waals surface area contributed by atoms with Crippen LogP contribution < -0.4 is 5.73 Å². The van der Waals surface area contributed by atoms with Crippen LogP contribution >= 0.6 is 12.4 Å². The Hall–Kier alpha value is -0.320. The lowest BCUT2D eigenvalue weighted by molar-refractivity contribution is -0.151. The molecule has 3 N–H and O–H groups in total. The molecule has 0 aliphatic heterocycles. The number of unbranched alkanes of at least 4 members (excludes halogenated alkanes) is 1. The van der Waals surface area contributed by atoms with Crippen LogP contribution in [0, 0.1) is 5.92 Å². The number of carbonyl (C=O) groups excluding carboxylic acids is 1. The molecule has 0 radical (unpaired) electrons. The molecule has 0 aromatic rings. The van der Waals surface area contributed by atoms with E-state index in [2.05, 4.69) is 0 Å². The number of aliphatic hydroxyl groups is 1. The van der Waals surface area contributed by atoms with Crippen molar-refractivity contribution in [2.75, 3.05) is 6.61 Å². The molecule has 1 aliphatic carbocycles. The van der Waals surface area contributed by atoms with E-state index in [-0.39, 0.29) is 24.4 Å². The maximum atomic E-state index is 11.4. The summed E-state index contributed by atoms with van der Waals surface area (Å²) in [6.07, 6.45) is 2.32. The summed E-state index contributed by atoms with van der Waals surface area (Å²) in [5.74, 6) is -0.694. The lowest BCUT2D eigenvalue weighted by Gasteiger charge is -2.12. The van der Waals surface area contributed by atoms with Gasteiger partial charge < -0.3 is 15.6 Å². The molecular weight excluding hydrogens is 218 g/mol. The van der Waals surface area contributed by atoms with E-state index < -0.39 is 12.0 Å². The van der Waals surface area contributed by atoms with E-state index in [1.54, 1.807) is 0 Å². The van der Waals surface area contributed by atoms with Gasteiger partial charge in [-0.2, -0.15) is 0 Å². The van der Waals surface area contributed by atoms with Gasteiger partial charge in [0.1, 0.15) is 0 Å². The Morgan fingerprint density at radius 2 is 2.20 bits per heavy atom. The Morgan fingerprint density at radius 1 is 1.53 bits per heavy atom. The first kappa shape index (κ1) is 14.7. The van der Waals surface area contributed by atoms with Gasteiger partial charge in [-0.3, -0.25) is 4.79 Å². The number of esters is 1. The summed E-state index contributed by atoms with van der Waals surface area (Å²) in [4.78, 5) is 11.4. The number of nitrogens with two attached hydrogens (primary N) is 1. The molecule has 1 rings (SSSR count). The molecule has 0 aromatic carbocycles. The molecule has 0 aromatic heterocycles. The van der Waals surface area contributed by atoms with Crippen molar-refractivity contribution in [2.45, 2.75) is 44.8 Å². The van der Waals surface area contributed by atoms with Crippen molar-refractivity contribution in [1.82, 2.24) is 0 Å². The summed E-state index contributed by atoms with van der Waals surface area (Å²) in [5, 5.41) is 9.51. The second kappa shape index (κ2) is 7.04. The standard InChI is InChI=1S/C10H19NO3.ClH/c1-2-3-4-14-10(13)8-5-7(11)6-9(8)12;/h7-9,12H,2-6,11H2,1H3;1H. The highest BCUT2D eigenvalue weighted by molar-refractivity contribution is 5.85. The summed E-state index contributed by atoms with van der Waals surface area (Å²) in [5.41, 5.74) is 5.64. The quantitative estimate of drug-likeness (QED) is 0.562. The lowest BCUT2D eigenvalue weighted by atomic mass is 10.1. The topological polar surface area (TPSA) is 72.5 Å². The first-order chi connectivity index (χ1) is 6.65. The zero-order chi connectivity index (χ0) is 10.6. The molecule has 5 heteroatoms. The Balaban J connectivity index is 0.00000196. The van der Waals surface area contributed by atoms with Crippen LogP contribution in [0.3, 0.4) is 0 Å². The number of hydrogen-bond acceptors (Lipinski definition) is 4. The fourth-order valence-electron chi connectivity index (χ4n) is 1.73. The maximum absolute atomic E-state index is 11.4. The van der Waals surface area contributed by atoms with Crippen LogP contribution in [-0.4, -0.2) is 29.8 Å². The van der Waals surface area contributed by atoms with E-state index in [0.717, 1.165) is 12.8 Å². The van der Waals surface area contributed by atoms with E-state index >= 15 is 0 Å².